The molecule has 1 aliphatic rings. The lowest BCUT2D eigenvalue weighted by Crippen LogP contribution is -2.01. The van der Waals surface area contributed by atoms with Gasteiger partial charge in [0.1, 0.15) is 0 Å². The third-order valence-electron chi connectivity index (χ3n) is 1.92. The molecule has 2 rings (SSSR count). The number of hydrogen-bond acceptors (Lipinski definition) is 1. The Bertz CT molecular complexity index is 330. The Hall–Kier alpha value is -1.08. The van der Waals surface area contributed by atoms with Crippen molar-refractivity contribution in [2.75, 3.05) is 0 Å². The Morgan fingerprint density at radius 3 is 3.09 bits per heavy atom. The van der Waals surface area contributed by atoms with Gasteiger partial charge < -0.3 is 5.11 Å². The average Bonchev–Trinajstić information content (AvgIpc) is 2.12. The highest BCUT2D eigenvalue weighted by molar-refractivity contribution is 5.56. The Morgan fingerprint density at radius 2 is 2.27 bits per heavy atom. The van der Waals surface area contributed by atoms with Crippen molar-refractivity contribution in [1.29, 1.82) is 0 Å². The van der Waals surface area contributed by atoms with Gasteiger partial charge in [-0.05, 0) is 17.5 Å². The van der Waals surface area contributed by atoms with Crippen LogP contribution in [0.15, 0.2) is 30.3 Å². The third kappa shape index (κ3) is 1.08. The molecule has 0 aromatic heterocycles. The van der Waals surface area contributed by atoms with E-state index in [2.05, 4.69) is 0 Å². The third-order valence-corrected chi connectivity index (χ3v) is 1.92. The quantitative estimate of drug-likeness (QED) is 0.596. The Labute approximate surface area is 67.4 Å². The highest BCUT2D eigenvalue weighted by Crippen LogP contribution is 2.26. The molecule has 0 spiro atoms. The largest absolute Gasteiger partial charge is 0.388 e. The fourth-order valence-corrected chi connectivity index (χ4v) is 1.33. The number of fused-ring (bicyclic) bond motifs is 1. The van der Waals surface area contributed by atoms with E-state index in [0.29, 0.717) is 12.5 Å². The summed E-state index contributed by atoms with van der Waals surface area (Å²) in [6, 6.07) is 8.05. The Balaban J connectivity index is 2.58. The van der Waals surface area contributed by atoms with Crippen LogP contribution >= 0.6 is 0 Å². The van der Waals surface area contributed by atoms with Crippen molar-refractivity contribution < 1.29 is 6.48 Å². The van der Waals surface area contributed by atoms with E-state index in [9.17, 15) is 5.11 Å². The summed E-state index contributed by atoms with van der Waals surface area (Å²) in [6.07, 6.45) is 1.90. The molecule has 1 aromatic rings. The molecule has 56 valence electrons. The molecule has 0 saturated heterocycles. The zero-order valence-corrected chi connectivity index (χ0v) is 6.12. The zero-order valence-electron chi connectivity index (χ0n) is 7.12. The van der Waals surface area contributed by atoms with E-state index in [1.54, 1.807) is 6.08 Å². The smallest absolute Gasteiger partial charge is 0.0830 e. The van der Waals surface area contributed by atoms with Gasteiger partial charge in [0.05, 0.1) is 7.47 Å². The molecule has 0 radical (unpaired) electrons. The molecule has 0 aliphatic heterocycles. The van der Waals surface area contributed by atoms with Gasteiger partial charge in [0.25, 0.3) is 0 Å². The first-order valence-corrected chi connectivity index (χ1v) is 3.73. The average molecular weight is 147 g/mol. The molecule has 0 unspecified atom stereocenters. The first-order valence-electron chi connectivity index (χ1n) is 4.23. The lowest BCUT2D eigenvalue weighted by Gasteiger charge is -2.15. The van der Waals surface area contributed by atoms with Crippen LogP contribution in [0.2, 0.25) is 0 Å². The number of aliphatic hydroxyl groups excluding tert-OH is 1. The lowest BCUT2D eigenvalue weighted by atomic mass is 9.95. The summed E-state index contributed by atoms with van der Waals surface area (Å²) in [5.41, 5.74) is 1.74. The zero-order chi connectivity index (χ0) is 8.55. The number of benzene rings is 1. The summed E-state index contributed by atoms with van der Waals surface area (Å²) in [7, 11) is 0. The maximum atomic E-state index is 9.55. The summed E-state index contributed by atoms with van der Waals surface area (Å²) < 4.78 is 7.59. The molecule has 1 N–H and O–H groups in total. The summed E-state index contributed by atoms with van der Waals surface area (Å²) >= 11 is 0. The second-order valence-electron chi connectivity index (χ2n) is 2.69. The van der Waals surface area contributed by atoms with Crippen LogP contribution < -0.4 is 0 Å². The van der Waals surface area contributed by atoms with E-state index >= 15 is 0 Å². The predicted molar refractivity (Wildman–Crippen MR) is 45.1 cm³/mol. The molecule has 1 aromatic carbocycles. The molecule has 1 atom stereocenters. The first kappa shape index (κ1) is 5.56. The topological polar surface area (TPSA) is 20.2 Å². The fraction of sp³-hybridized carbons (Fsp3) is 0.200. The molecular formula is C10H10O. The van der Waals surface area contributed by atoms with E-state index in [1.165, 1.54) is 0 Å². The Kier molecular flexibility index (Phi) is 1.27. The highest BCUT2D eigenvalue weighted by atomic mass is 16.3. The van der Waals surface area contributed by atoms with Gasteiger partial charge in [-0.1, -0.05) is 36.4 Å². The normalized spacial score (nSPS) is 23.5. The van der Waals surface area contributed by atoms with Crippen LogP contribution in [0.25, 0.3) is 6.05 Å². The molecule has 1 aliphatic carbocycles. The van der Waals surface area contributed by atoms with Crippen LogP contribution in [0, 0.1) is 0 Å². The van der Waals surface area contributed by atoms with E-state index in [1.807, 2.05) is 24.3 Å². The van der Waals surface area contributed by atoms with Crippen LogP contribution in [-0.2, 0) is 0 Å². The maximum Gasteiger partial charge on any atom is 0.0830 e. The van der Waals surface area contributed by atoms with Gasteiger partial charge in [-0.2, -0.15) is 0 Å². The van der Waals surface area contributed by atoms with Gasteiger partial charge in [0.15, 0.2) is 0 Å². The van der Waals surface area contributed by atoms with Crippen LogP contribution in [0.1, 0.15) is 25.0 Å². The van der Waals surface area contributed by atoms with Crippen LogP contribution in [-0.4, -0.2) is 5.11 Å². The standard InChI is InChI=1S/C10H10O/c11-10-7-3-5-8-4-1-2-6-9(8)10/h1-6,10-11H,7H2/t10-/m1/s1/i5D. The molecule has 0 amide bonds. The second-order valence-corrected chi connectivity index (χ2v) is 2.69. The summed E-state index contributed by atoms with van der Waals surface area (Å²) in [6.45, 7) is 0. The highest BCUT2D eigenvalue weighted by Gasteiger charge is 2.11. The lowest BCUT2D eigenvalue weighted by molar-refractivity contribution is 0.180. The number of hydrogen-bond donors (Lipinski definition) is 1. The molecular weight excluding hydrogens is 136 g/mol. The molecule has 0 saturated carbocycles. The van der Waals surface area contributed by atoms with E-state index < -0.39 is 6.10 Å². The van der Waals surface area contributed by atoms with Gasteiger partial charge >= 0.3 is 0 Å². The molecule has 1 nitrogen and oxygen atoms in total. The van der Waals surface area contributed by atoms with Crippen molar-refractivity contribution >= 4 is 6.05 Å². The van der Waals surface area contributed by atoms with Gasteiger partial charge in [0, 0.05) is 0 Å². The van der Waals surface area contributed by atoms with Gasteiger partial charge in [-0.25, -0.2) is 0 Å². The van der Waals surface area contributed by atoms with Crippen molar-refractivity contribution in [3.05, 3.63) is 41.5 Å². The minimum absolute atomic E-state index is 0.421. The van der Waals surface area contributed by atoms with Crippen molar-refractivity contribution in [3.63, 3.8) is 0 Å². The molecule has 0 heterocycles. The molecule has 1 heteroatoms. The van der Waals surface area contributed by atoms with Gasteiger partial charge in [0.2, 0.25) is 0 Å². The minimum Gasteiger partial charge on any atom is -0.388 e. The minimum atomic E-state index is -0.421. The van der Waals surface area contributed by atoms with E-state index in [4.69, 9.17) is 1.37 Å². The fourth-order valence-electron chi connectivity index (χ4n) is 1.33. The van der Waals surface area contributed by atoms with Gasteiger partial charge in [-0.3, -0.25) is 0 Å². The number of rotatable bonds is 0. The number of aliphatic hydroxyl groups is 1. The van der Waals surface area contributed by atoms with Crippen LogP contribution in [0.5, 0.6) is 0 Å². The van der Waals surface area contributed by atoms with Crippen molar-refractivity contribution in [2.45, 2.75) is 12.5 Å². The van der Waals surface area contributed by atoms with Crippen molar-refractivity contribution in [1.82, 2.24) is 0 Å². The second kappa shape index (κ2) is 2.51. The molecule has 0 fully saturated rings. The van der Waals surface area contributed by atoms with Crippen molar-refractivity contribution in [3.8, 4) is 0 Å². The summed E-state index contributed by atoms with van der Waals surface area (Å²) in [4.78, 5) is 0. The Morgan fingerprint density at radius 1 is 1.45 bits per heavy atom. The summed E-state index contributed by atoms with van der Waals surface area (Å²) in [5, 5.41) is 9.55. The summed E-state index contributed by atoms with van der Waals surface area (Å²) in [5.74, 6) is 0. The predicted octanol–water partition coefficient (Wildman–Crippen LogP) is 2.14. The van der Waals surface area contributed by atoms with Gasteiger partial charge in [-0.15, -0.1) is 0 Å². The monoisotopic (exact) mass is 147 g/mol. The van der Waals surface area contributed by atoms with E-state index in [0.717, 1.165) is 11.1 Å². The first-order chi connectivity index (χ1) is 5.79. The SMILES string of the molecule is [2H]C1=CC[C@@H](O)c2ccccc21. The molecule has 0 bridgehead atoms. The maximum absolute atomic E-state index is 9.55. The van der Waals surface area contributed by atoms with Crippen molar-refractivity contribution in [2.24, 2.45) is 0 Å². The van der Waals surface area contributed by atoms with E-state index in [-0.39, 0.29) is 0 Å². The molecule has 11 heavy (non-hydrogen) atoms. The van der Waals surface area contributed by atoms with Crippen LogP contribution in [0.4, 0.5) is 0 Å². The van der Waals surface area contributed by atoms with Crippen LogP contribution in [0.3, 0.4) is 0 Å².